The average Bonchev–Trinajstić information content (AvgIpc) is 3.34. The first-order chi connectivity index (χ1) is 16.9. The minimum atomic E-state index is 0.108. The molecule has 0 bridgehead atoms. The summed E-state index contributed by atoms with van der Waals surface area (Å²) in [4.78, 5) is 27.4. The van der Waals surface area contributed by atoms with Gasteiger partial charge in [0.25, 0.3) is 0 Å². The fraction of sp³-hybridized carbons (Fsp3) is 0.897. The molecule has 1 aromatic rings. The zero-order valence-corrected chi connectivity index (χ0v) is 25.9. The van der Waals surface area contributed by atoms with E-state index in [-0.39, 0.29) is 22.2 Å². The normalized spacial score (nSPS) is 26.4. The van der Waals surface area contributed by atoms with Gasteiger partial charge in [0.05, 0.1) is 0 Å². The lowest BCUT2D eigenvalue weighted by Crippen LogP contribution is -2.62. The summed E-state index contributed by atoms with van der Waals surface area (Å²) < 4.78 is 0. The first-order valence-electron chi connectivity index (χ1n) is 14.4. The van der Waals surface area contributed by atoms with Crippen LogP contribution in [0.4, 0.5) is 17.8 Å². The second-order valence-corrected chi connectivity index (χ2v) is 14.6. The lowest BCUT2D eigenvalue weighted by molar-refractivity contribution is -0.0121. The van der Waals surface area contributed by atoms with Gasteiger partial charge in [-0.05, 0) is 108 Å². The van der Waals surface area contributed by atoms with Gasteiger partial charge in [-0.3, -0.25) is 9.80 Å². The van der Waals surface area contributed by atoms with Gasteiger partial charge in [-0.15, -0.1) is 0 Å². The Morgan fingerprint density at radius 1 is 0.595 bits per heavy atom. The molecule has 3 aliphatic heterocycles. The average molecular weight is 515 g/mol. The smallest absolute Gasteiger partial charge is 0.231 e. The van der Waals surface area contributed by atoms with Crippen LogP contribution in [0.25, 0.3) is 0 Å². The van der Waals surface area contributed by atoms with Gasteiger partial charge in [-0.25, -0.2) is 0 Å². The van der Waals surface area contributed by atoms with Crippen molar-refractivity contribution in [3.05, 3.63) is 0 Å². The summed E-state index contributed by atoms with van der Waals surface area (Å²) in [6.45, 7) is 20.9. The molecule has 3 saturated heterocycles. The van der Waals surface area contributed by atoms with E-state index in [9.17, 15) is 0 Å². The summed E-state index contributed by atoms with van der Waals surface area (Å²) in [5, 5.41) is 0. The van der Waals surface area contributed by atoms with Crippen LogP contribution >= 0.6 is 0 Å². The lowest BCUT2D eigenvalue weighted by Gasteiger charge is -2.55. The second kappa shape index (κ2) is 9.51. The summed E-state index contributed by atoms with van der Waals surface area (Å²) in [6.07, 6.45) is 6.73. The van der Waals surface area contributed by atoms with Crippen LogP contribution in [0.2, 0.25) is 0 Å². The highest BCUT2D eigenvalue weighted by Crippen LogP contribution is 2.41. The van der Waals surface area contributed by atoms with Crippen molar-refractivity contribution < 1.29 is 0 Å². The van der Waals surface area contributed by atoms with E-state index in [0.29, 0.717) is 12.1 Å². The molecule has 0 atom stereocenters. The molecule has 3 fully saturated rings. The van der Waals surface area contributed by atoms with Crippen LogP contribution in [0.15, 0.2) is 0 Å². The molecule has 0 unspecified atom stereocenters. The Morgan fingerprint density at radius 2 is 0.919 bits per heavy atom. The standard InChI is InChI=1S/C29H54N8/c1-26(2)17-21(18-27(3,4)35(26)11)33(9)23-30-24(32-25(31-23)37-15-13-14-16-37)34(10)22-19-28(5,6)36(12)29(7,8)20-22/h21-22H,13-20H2,1-12H3. The van der Waals surface area contributed by atoms with Gasteiger partial charge in [-0.2, -0.15) is 15.0 Å². The zero-order chi connectivity index (χ0) is 27.6. The van der Waals surface area contributed by atoms with Crippen LogP contribution in [0.5, 0.6) is 0 Å². The highest BCUT2D eigenvalue weighted by atomic mass is 15.4. The molecular formula is C29H54N8. The molecule has 1 aromatic heterocycles. The summed E-state index contributed by atoms with van der Waals surface area (Å²) >= 11 is 0. The monoisotopic (exact) mass is 514 g/mol. The van der Waals surface area contributed by atoms with Crippen LogP contribution in [-0.2, 0) is 0 Å². The summed E-state index contributed by atoms with van der Waals surface area (Å²) in [7, 11) is 8.91. The van der Waals surface area contributed by atoms with Gasteiger partial charge in [0.15, 0.2) is 0 Å². The minimum absolute atomic E-state index is 0.108. The number of likely N-dealkylation sites (tertiary alicyclic amines) is 2. The fourth-order valence-corrected chi connectivity index (χ4v) is 7.23. The summed E-state index contributed by atoms with van der Waals surface area (Å²) in [6, 6.07) is 0.740. The van der Waals surface area contributed by atoms with Crippen molar-refractivity contribution in [1.82, 2.24) is 24.8 Å². The number of rotatable bonds is 5. The van der Waals surface area contributed by atoms with Gasteiger partial charge < -0.3 is 14.7 Å². The maximum Gasteiger partial charge on any atom is 0.231 e. The van der Waals surface area contributed by atoms with Crippen molar-refractivity contribution in [2.75, 3.05) is 56.0 Å². The summed E-state index contributed by atoms with van der Waals surface area (Å²) in [5.41, 5.74) is 0.430. The van der Waals surface area contributed by atoms with E-state index in [4.69, 9.17) is 15.0 Å². The van der Waals surface area contributed by atoms with Crippen molar-refractivity contribution in [3.63, 3.8) is 0 Å². The molecule has 8 nitrogen and oxygen atoms in total. The largest absolute Gasteiger partial charge is 0.341 e. The quantitative estimate of drug-likeness (QED) is 0.563. The van der Waals surface area contributed by atoms with Gasteiger partial charge in [0, 0.05) is 61.4 Å². The molecule has 8 heteroatoms. The van der Waals surface area contributed by atoms with Crippen LogP contribution in [0, 0.1) is 0 Å². The van der Waals surface area contributed by atoms with E-state index in [1.54, 1.807) is 0 Å². The summed E-state index contributed by atoms with van der Waals surface area (Å²) in [5.74, 6) is 2.46. The number of aromatic nitrogens is 3. The van der Waals surface area contributed by atoms with Crippen molar-refractivity contribution in [2.45, 2.75) is 128 Å². The molecule has 0 spiro atoms. The van der Waals surface area contributed by atoms with Crippen LogP contribution in [0.1, 0.15) is 93.9 Å². The molecule has 3 aliphatic rings. The molecule has 0 N–H and O–H groups in total. The number of anilines is 3. The third-order valence-electron chi connectivity index (χ3n) is 10.3. The Balaban J connectivity index is 1.68. The number of nitrogens with zero attached hydrogens (tertiary/aromatic N) is 8. The molecular weight excluding hydrogens is 460 g/mol. The highest BCUT2D eigenvalue weighted by molar-refractivity contribution is 5.48. The molecule has 0 saturated carbocycles. The first-order valence-corrected chi connectivity index (χ1v) is 14.4. The van der Waals surface area contributed by atoms with Gasteiger partial charge in [0.2, 0.25) is 17.8 Å². The Morgan fingerprint density at radius 3 is 1.24 bits per heavy atom. The highest BCUT2D eigenvalue weighted by Gasteiger charge is 2.46. The van der Waals surface area contributed by atoms with Crippen LogP contribution < -0.4 is 14.7 Å². The van der Waals surface area contributed by atoms with Crippen molar-refractivity contribution in [1.29, 1.82) is 0 Å². The molecule has 37 heavy (non-hydrogen) atoms. The van der Waals surface area contributed by atoms with Gasteiger partial charge >= 0.3 is 0 Å². The SMILES string of the molecule is CN(c1nc(N2CCCC2)nc(N(C)C2CC(C)(C)N(C)C(C)(C)C2)n1)C1CC(C)(C)N(C)C(C)(C)C1. The van der Waals surface area contributed by atoms with E-state index in [1.165, 1.54) is 12.8 Å². The maximum atomic E-state index is 5.16. The van der Waals surface area contributed by atoms with Gasteiger partial charge in [0.1, 0.15) is 0 Å². The molecule has 0 aliphatic carbocycles. The third kappa shape index (κ3) is 5.42. The fourth-order valence-electron chi connectivity index (χ4n) is 7.23. The molecule has 4 rings (SSSR count). The van der Waals surface area contributed by atoms with Crippen molar-refractivity contribution >= 4 is 17.8 Å². The Kier molecular flexibility index (Phi) is 7.28. The molecule has 210 valence electrons. The zero-order valence-electron chi connectivity index (χ0n) is 25.9. The van der Waals surface area contributed by atoms with E-state index >= 15 is 0 Å². The number of hydrogen-bond donors (Lipinski definition) is 0. The number of piperidine rings is 2. The molecule has 4 heterocycles. The Bertz CT molecular complexity index is 862. The number of hydrogen-bond acceptors (Lipinski definition) is 8. The lowest BCUT2D eigenvalue weighted by atomic mass is 9.77. The predicted octanol–water partition coefficient (Wildman–Crippen LogP) is 4.65. The second-order valence-electron chi connectivity index (χ2n) is 14.6. The maximum absolute atomic E-state index is 5.16. The topological polar surface area (TPSA) is 54.9 Å². The van der Waals surface area contributed by atoms with Crippen LogP contribution in [-0.4, -0.2) is 100 Å². The van der Waals surface area contributed by atoms with E-state index < -0.39 is 0 Å². The Hall–Kier alpha value is -1.67. The van der Waals surface area contributed by atoms with E-state index in [2.05, 4.69) is 108 Å². The molecule has 0 aromatic carbocycles. The molecule has 0 amide bonds. The van der Waals surface area contributed by atoms with Crippen molar-refractivity contribution in [3.8, 4) is 0 Å². The minimum Gasteiger partial charge on any atom is -0.341 e. The van der Waals surface area contributed by atoms with E-state index in [1.807, 2.05) is 0 Å². The van der Waals surface area contributed by atoms with Crippen molar-refractivity contribution in [2.24, 2.45) is 0 Å². The first kappa shape index (κ1) is 28.3. The Labute approximate surface area is 226 Å². The molecule has 0 radical (unpaired) electrons. The van der Waals surface area contributed by atoms with Crippen LogP contribution in [0.3, 0.4) is 0 Å². The predicted molar refractivity (Wildman–Crippen MR) is 156 cm³/mol. The van der Waals surface area contributed by atoms with Gasteiger partial charge in [-0.1, -0.05) is 0 Å². The third-order valence-corrected chi connectivity index (χ3v) is 10.3. The van der Waals surface area contributed by atoms with E-state index in [0.717, 1.165) is 56.6 Å².